The number of rotatable bonds is 6. The average Bonchev–Trinajstić information content (AvgIpc) is 2.50. The van der Waals surface area contributed by atoms with Gasteiger partial charge >= 0.3 is 5.97 Å². The topological polar surface area (TPSA) is 26.3 Å². The molecule has 0 N–H and O–H groups in total. The summed E-state index contributed by atoms with van der Waals surface area (Å²) in [5, 5.41) is 0. The van der Waals surface area contributed by atoms with Crippen LogP contribution in [0.15, 0.2) is 60.7 Å². The number of benzene rings is 2. The first-order valence-electron chi connectivity index (χ1n) is 7.06. The van der Waals surface area contributed by atoms with E-state index in [-0.39, 0.29) is 11.9 Å². The molecule has 2 rings (SSSR count). The fourth-order valence-electron chi connectivity index (χ4n) is 2.30. The number of carbonyl (C=O) groups is 1. The minimum atomic E-state index is -0.184. The van der Waals surface area contributed by atoms with Gasteiger partial charge in [-0.05, 0) is 30.9 Å². The SMILES string of the molecule is CCOC(=O)C(CCc1ccccc1)c1ccccc1. The van der Waals surface area contributed by atoms with Crippen LogP contribution in [-0.4, -0.2) is 12.6 Å². The fraction of sp³-hybridized carbons (Fsp3) is 0.278. The molecule has 0 spiro atoms. The second-order valence-electron chi connectivity index (χ2n) is 4.74. The van der Waals surface area contributed by atoms with Crippen LogP contribution in [0.2, 0.25) is 0 Å². The smallest absolute Gasteiger partial charge is 0.313 e. The molecule has 0 aliphatic rings. The zero-order valence-corrected chi connectivity index (χ0v) is 11.8. The third-order valence-electron chi connectivity index (χ3n) is 3.34. The first kappa shape index (κ1) is 14.3. The molecule has 0 fully saturated rings. The molecule has 0 amide bonds. The summed E-state index contributed by atoms with van der Waals surface area (Å²) in [5.74, 6) is -0.314. The van der Waals surface area contributed by atoms with Gasteiger partial charge in [-0.15, -0.1) is 0 Å². The largest absolute Gasteiger partial charge is 0.466 e. The lowest BCUT2D eigenvalue weighted by Gasteiger charge is -2.16. The summed E-state index contributed by atoms with van der Waals surface area (Å²) < 4.78 is 5.21. The third-order valence-corrected chi connectivity index (χ3v) is 3.34. The highest BCUT2D eigenvalue weighted by Gasteiger charge is 2.21. The van der Waals surface area contributed by atoms with Gasteiger partial charge < -0.3 is 4.74 Å². The second kappa shape index (κ2) is 7.49. The Bertz CT molecular complexity index is 520. The summed E-state index contributed by atoms with van der Waals surface area (Å²) in [6.07, 6.45) is 1.64. The van der Waals surface area contributed by atoms with Crippen LogP contribution in [0.1, 0.15) is 30.4 Å². The number of carbonyl (C=O) groups excluding carboxylic acids is 1. The molecule has 0 aromatic heterocycles. The molecule has 0 saturated carbocycles. The predicted molar refractivity (Wildman–Crippen MR) is 80.6 cm³/mol. The Balaban J connectivity index is 2.09. The standard InChI is InChI=1S/C18H20O2/c1-2-20-18(19)17(16-11-7-4-8-12-16)14-13-15-9-5-3-6-10-15/h3-12,17H,2,13-14H2,1H3. The number of esters is 1. The highest BCUT2D eigenvalue weighted by Crippen LogP contribution is 2.23. The molecule has 0 heterocycles. The van der Waals surface area contributed by atoms with Gasteiger partial charge in [0.25, 0.3) is 0 Å². The molecule has 104 valence electrons. The molecule has 0 bridgehead atoms. The van der Waals surface area contributed by atoms with Crippen LogP contribution in [0.5, 0.6) is 0 Å². The van der Waals surface area contributed by atoms with Crippen molar-refractivity contribution in [1.29, 1.82) is 0 Å². The van der Waals surface area contributed by atoms with Gasteiger partial charge in [0, 0.05) is 0 Å². The number of ether oxygens (including phenoxy) is 1. The van der Waals surface area contributed by atoms with E-state index < -0.39 is 0 Å². The molecular formula is C18H20O2. The molecule has 0 aliphatic carbocycles. The van der Waals surface area contributed by atoms with Crippen LogP contribution >= 0.6 is 0 Å². The van der Waals surface area contributed by atoms with Crippen molar-refractivity contribution in [3.05, 3.63) is 71.8 Å². The van der Waals surface area contributed by atoms with E-state index in [9.17, 15) is 4.79 Å². The van der Waals surface area contributed by atoms with Crippen LogP contribution in [-0.2, 0) is 16.0 Å². The summed E-state index contributed by atoms with van der Waals surface area (Å²) in [6.45, 7) is 2.27. The van der Waals surface area contributed by atoms with E-state index in [4.69, 9.17) is 4.74 Å². The van der Waals surface area contributed by atoms with E-state index in [1.807, 2.05) is 55.5 Å². The van der Waals surface area contributed by atoms with Crippen molar-refractivity contribution in [3.63, 3.8) is 0 Å². The van der Waals surface area contributed by atoms with Gasteiger partial charge in [0.05, 0.1) is 12.5 Å². The minimum absolute atomic E-state index is 0.130. The van der Waals surface area contributed by atoms with Crippen LogP contribution in [0.3, 0.4) is 0 Å². The van der Waals surface area contributed by atoms with Crippen molar-refractivity contribution in [2.24, 2.45) is 0 Å². The van der Waals surface area contributed by atoms with E-state index >= 15 is 0 Å². The van der Waals surface area contributed by atoms with Gasteiger partial charge in [0.1, 0.15) is 0 Å². The summed E-state index contributed by atoms with van der Waals surface area (Å²) in [5.41, 5.74) is 2.28. The van der Waals surface area contributed by atoms with Crippen LogP contribution in [0.4, 0.5) is 0 Å². The third kappa shape index (κ3) is 3.95. The predicted octanol–water partition coefficient (Wildman–Crippen LogP) is 3.97. The number of hydrogen-bond acceptors (Lipinski definition) is 2. The molecule has 2 nitrogen and oxygen atoms in total. The van der Waals surface area contributed by atoms with Gasteiger partial charge in [-0.1, -0.05) is 60.7 Å². The highest BCUT2D eigenvalue weighted by molar-refractivity contribution is 5.78. The molecule has 2 heteroatoms. The van der Waals surface area contributed by atoms with E-state index in [0.29, 0.717) is 6.61 Å². The maximum absolute atomic E-state index is 12.1. The quantitative estimate of drug-likeness (QED) is 0.741. The first-order valence-corrected chi connectivity index (χ1v) is 7.06. The van der Waals surface area contributed by atoms with E-state index in [1.165, 1.54) is 5.56 Å². The molecule has 2 aromatic rings. The molecule has 0 aliphatic heterocycles. The van der Waals surface area contributed by atoms with Crippen molar-refractivity contribution in [1.82, 2.24) is 0 Å². The zero-order valence-electron chi connectivity index (χ0n) is 11.8. The van der Waals surface area contributed by atoms with Crippen molar-refractivity contribution >= 4 is 5.97 Å². The van der Waals surface area contributed by atoms with Gasteiger partial charge in [-0.25, -0.2) is 0 Å². The Kier molecular flexibility index (Phi) is 5.36. The monoisotopic (exact) mass is 268 g/mol. The van der Waals surface area contributed by atoms with Gasteiger partial charge in [0.15, 0.2) is 0 Å². The Morgan fingerprint density at radius 2 is 1.60 bits per heavy atom. The highest BCUT2D eigenvalue weighted by atomic mass is 16.5. The molecule has 1 unspecified atom stereocenters. The lowest BCUT2D eigenvalue weighted by atomic mass is 9.92. The molecule has 2 aromatic carbocycles. The van der Waals surface area contributed by atoms with Crippen LogP contribution in [0, 0.1) is 0 Å². The maximum Gasteiger partial charge on any atom is 0.313 e. The lowest BCUT2D eigenvalue weighted by molar-refractivity contribution is -0.145. The lowest BCUT2D eigenvalue weighted by Crippen LogP contribution is -2.16. The van der Waals surface area contributed by atoms with Crippen molar-refractivity contribution in [2.75, 3.05) is 6.61 Å². The van der Waals surface area contributed by atoms with Gasteiger partial charge in [0.2, 0.25) is 0 Å². The summed E-state index contributed by atoms with van der Waals surface area (Å²) in [7, 11) is 0. The molecular weight excluding hydrogens is 248 g/mol. The summed E-state index contributed by atoms with van der Waals surface area (Å²) in [4.78, 5) is 12.1. The number of aryl methyl sites for hydroxylation is 1. The van der Waals surface area contributed by atoms with Crippen molar-refractivity contribution in [2.45, 2.75) is 25.7 Å². The number of hydrogen-bond donors (Lipinski definition) is 0. The van der Waals surface area contributed by atoms with Gasteiger partial charge in [-0.2, -0.15) is 0 Å². The molecule has 0 saturated heterocycles. The van der Waals surface area contributed by atoms with Crippen LogP contribution < -0.4 is 0 Å². The second-order valence-corrected chi connectivity index (χ2v) is 4.74. The Labute approximate surface area is 120 Å². The summed E-state index contributed by atoms with van der Waals surface area (Å²) in [6, 6.07) is 20.1. The zero-order chi connectivity index (χ0) is 14.2. The fourth-order valence-corrected chi connectivity index (χ4v) is 2.30. The molecule has 1 atom stereocenters. The average molecular weight is 268 g/mol. The normalized spacial score (nSPS) is 11.8. The van der Waals surface area contributed by atoms with E-state index in [1.54, 1.807) is 0 Å². The Morgan fingerprint density at radius 3 is 2.20 bits per heavy atom. The Hall–Kier alpha value is -2.09. The van der Waals surface area contributed by atoms with Crippen LogP contribution in [0.25, 0.3) is 0 Å². The maximum atomic E-state index is 12.1. The van der Waals surface area contributed by atoms with Crippen molar-refractivity contribution in [3.8, 4) is 0 Å². The van der Waals surface area contributed by atoms with E-state index in [2.05, 4.69) is 12.1 Å². The van der Waals surface area contributed by atoms with Gasteiger partial charge in [-0.3, -0.25) is 4.79 Å². The van der Waals surface area contributed by atoms with E-state index in [0.717, 1.165) is 18.4 Å². The first-order chi connectivity index (χ1) is 9.81. The minimum Gasteiger partial charge on any atom is -0.466 e. The Morgan fingerprint density at radius 1 is 1.00 bits per heavy atom. The molecule has 20 heavy (non-hydrogen) atoms. The van der Waals surface area contributed by atoms with Crippen molar-refractivity contribution < 1.29 is 9.53 Å². The molecule has 0 radical (unpaired) electrons. The summed E-state index contributed by atoms with van der Waals surface area (Å²) >= 11 is 0.